The average molecular weight is 208 g/mol. The zero-order valence-electron chi connectivity index (χ0n) is 7.77. The number of ether oxygens (including phenoxy) is 2. The van der Waals surface area contributed by atoms with Crippen LogP contribution in [0.25, 0.3) is 0 Å². The van der Waals surface area contributed by atoms with Gasteiger partial charge in [-0.05, 0) is 25.7 Å². The summed E-state index contributed by atoms with van der Waals surface area (Å²) < 4.78 is 31.2. The summed E-state index contributed by atoms with van der Waals surface area (Å²) in [7, 11) is -0.652. The molecule has 0 bridgehead atoms. The van der Waals surface area contributed by atoms with E-state index in [1.165, 1.54) is 0 Å². The standard InChI is InChI=1S/C8H16O4S/c1-11-8-4-2-3-7(12-8)5-6-13(9)10/h7-8,13H,2-6H2,1H3/t7-,8+/m0/s1. The Morgan fingerprint density at radius 3 is 2.85 bits per heavy atom. The van der Waals surface area contributed by atoms with Crippen molar-refractivity contribution in [2.24, 2.45) is 0 Å². The van der Waals surface area contributed by atoms with Gasteiger partial charge in [0.15, 0.2) is 6.29 Å². The molecule has 0 aromatic carbocycles. The Morgan fingerprint density at radius 1 is 1.46 bits per heavy atom. The Labute approximate surface area is 80.2 Å². The lowest BCUT2D eigenvalue weighted by Crippen LogP contribution is -2.29. The molecule has 1 aliphatic heterocycles. The molecule has 0 radical (unpaired) electrons. The van der Waals surface area contributed by atoms with Crippen molar-refractivity contribution in [3.63, 3.8) is 0 Å². The van der Waals surface area contributed by atoms with E-state index in [1.54, 1.807) is 7.11 Å². The first-order valence-corrected chi connectivity index (χ1v) is 5.88. The van der Waals surface area contributed by atoms with Gasteiger partial charge < -0.3 is 9.47 Å². The topological polar surface area (TPSA) is 52.6 Å². The fraction of sp³-hybridized carbons (Fsp3) is 1.00. The summed E-state index contributed by atoms with van der Waals surface area (Å²) in [5.41, 5.74) is 0. The minimum absolute atomic E-state index is 0.0617. The third kappa shape index (κ3) is 4.06. The molecule has 0 amide bonds. The lowest BCUT2D eigenvalue weighted by Gasteiger charge is -2.28. The molecule has 4 nitrogen and oxygen atoms in total. The Bertz CT molecular complexity index is 206. The molecule has 0 aromatic rings. The molecule has 5 heteroatoms. The zero-order valence-corrected chi connectivity index (χ0v) is 8.66. The van der Waals surface area contributed by atoms with Gasteiger partial charge in [-0.2, -0.15) is 0 Å². The lowest BCUT2D eigenvalue weighted by atomic mass is 10.1. The van der Waals surface area contributed by atoms with Crippen LogP contribution in [-0.2, 0) is 20.2 Å². The van der Waals surface area contributed by atoms with Crippen LogP contribution in [0, 0.1) is 0 Å². The Balaban J connectivity index is 2.25. The molecular formula is C8H16O4S. The molecule has 0 aromatic heterocycles. The van der Waals surface area contributed by atoms with Crippen molar-refractivity contribution in [2.45, 2.75) is 38.1 Å². The molecule has 13 heavy (non-hydrogen) atoms. The molecule has 0 spiro atoms. The van der Waals surface area contributed by atoms with E-state index < -0.39 is 10.7 Å². The third-order valence-corrected chi connectivity index (χ3v) is 2.83. The van der Waals surface area contributed by atoms with Crippen molar-refractivity contribution < 1.29 is 17.9 Å². The molecule has 1 fully saturated rings. The summed E-state index contributed by atoms with van der Waals surface area (Å²) in [6, 6.07) is 0. The second-order valence-corrected chi connectivity index (χ2v) is 4.31. The molecule has 1 saturated heterocycles. The second-order valence-electron chi connectivity index (χ2n) is 3.20. The van der Waals surface area contributed by atoms with Gasteiger partial charge >= 0.3 is 0 Å². The quantitative estimate of drug-likeness (QED) is 0.685. The summed E-state index contributed by atoms with van der Waals surface area (Å²) in [5.74, 6) is 0.219. The molecule has 78 valence electrons. The molecule has 2 atom stereocenters. The van der Waals surface area contributed by atoms with Crippen LogP contribution in [0.4, 0.5) is 0 Å². The van der Waals surface area contributed by atoms with E-state index in [2.05, 4.69) is 0 Å². The van der Waals surface area contributed by atoms with E-state index in [4.69, 9.17) is 9.47 Å². The van der Waals surface area contributed by atoms with Crippen molar-refractivity contribution in [3.05, 3.63) is 0 Å². The first-order valence-electron chi connectivity index (χ1n) is 4.52. The third-order valence-electron chi connectivity index (χ3n) is 2.21. The van der Waals surface area contributed by atoms with Gasteiger partial charge in [0, 0.05) is 7.11 Å². The van der Waals surface area contributed by atoms with E-state index in [0.29, 0.717) is 6.42 Å². The summed E-state index contributed by atoms with van der Waals surface area (Å²) in [6.45, 7) is 0. The lowest BCUT2D eigenvalue weighted by molar-refractivity contribution is -0.179. The number of thiol groups is 1. The van der Waals surface area contributed by atoms with Crippen molar-refractivity contribution in [3.8, 4) is 0 Å². The van der Waals surface area contributed by atoms with Crippen LogP contribution < -0.4 is 0 Å². The van der Waals surface area contributed by atoms with Crippen LogP contribution in [0.15, 0.2) is 0 Å². The average Bonchev–Trinajstić information content (AvgIpc) is 2.15. The monoisotopic (exact) mass is 208 g/mol. The molecule has 1 rings (SSSR count). The first kappa shape index (κ1) is 10.9. The second kappa shape index (κ2) is 5.57. The van der Waals surface area contributed by atoms with Crippen molar-refractivity contribution in [1.82, 2.24) is 0 Å². The predicted octanol–water partition coefficient (Wildman–Crippen LogP) is 0.530. The van der Waals surface area contributed by atoms with E-state index >= 15 is 0 Å². The maximum Gasteiger partial charge on any atom is 0.157 e. The highest BCUT2D eigenvalue weighted by Crippen LogP contribution is 2.21. The maximum atomic E-state index is 10.3. The SMILES string of the molecule is CO[C@H]1CCC[C@@H](CC[SH](=O)=O)O1. The van der Waals surface area contributed by atoms with Gasteiger partial charge in [0.05, 0.1) is 11.9 Å². The molecule has 0 N–H and O–H groups in total. The van der Waals surface area contributed by atoms with Gasteiger partial charge in [0.1, 0.15) is 10.7 Å². The molecule has 0 aliphatic carbocycles. The van der Waals surface area contributed by atoms with E-state index in [-0.39, 0.29) is 18.1 Å². The van der Waals surface area contributed by atoms with Gasteiger partial charge in [-0.3, -0.25) is 0 Å². The van der Waals surface area contributed by atoms with Crippen molar-refractivity contribution in [1.29, 1.82) is 0 Å². The van der Waals surface area contributed by atoms with Gasteiger partial charge in [-0.15, -0.1) is 0 Å². The Hall–Kier alpha value is -0.130. The minimum Gasteiger partial charge on any atom is -0.356 e. The van der Waals surface area contributed by atoms with Gasteiger partial charge in [-0.25, -0.2) is 8.42 Å². The van der Waals surface area contributed by atoms with Crippen molar-refractivity contribution >= 4 is 10.7 Å². The first-order chi connectivity index (χ1) is 6.22. The number of hydrogen-bond acceptors (Lipinski definition) is 4. The van der Waals surface area contributed by atoms with Gasteiger partial charge in [0.2, 0.25) is 0 Å². The van der Waals surface area contributed by atoms with E-state index in [1.807, 2.05) is 0 Å². The van der Waals surface area contributed by atoms with E-state index in [9.17, 15) is 8.42 Å². The maximum absolute atomic E-state index is 10.3. The largest absolute Gasteiger partial charge is 0.356 e. The summed E-state index contributed by atoms with van der Waals surface area (Å²) in [5, 5.41) is 0. The van der Waals surface area contributed by atoms with Crippen molar-refractivity contribution in [2.75, 3.05) is 12.9 Å². The highest BCUT2D eigenvalue weighted by atomic mass is 32.2. The van der Waals surface area contributed by atoms with Crippen LogP contribution in [0.5, 0.6) is 0 Å². The summed E-state index contributed by atoms with van der Waals surface area (Å²) >= 11 is 0. The number of rotatable bonds is 4. The molecular weight excluding hydrogens is 192 g/mol. The molecule has 0 unspecified atom stereocenters. The van der Waals surface area contributed by atoms with Crippen LogP contribution in [0.1, 0.15) is 25.7 Å². The van der Waals surface area contributed by atoms with Crippen LogP contribution in [0.2, 0.25) is 0 Å². The summed E-state index contributed by atoms with van der Waals surface area (Å²) in [6.07, 6.45) is 3.44. The van der Waals surface area contributed by atoms with Gasteiger partial charge in [0.25, 0.3) is 0 Å². The van der Waals surface area contributed by atoms with Crippen LogP contribution in [0.3, 0.4) is 0 Å². The zero-order chi connectivity index (χ0) is 9.68. The normalized spacial score (nSPS) is 29.4. The highest BCUT2D eigenvalue weighted by Gasteiger charge is 2.21. The highest BCUT2D eigenvalue weighted by molar-refractivity contribution is 7.72. The smallest absolute Gasteiger partial charge is 0.157 e. The number of methoxy groups -OCH3 is 1. The van der Waals surface area contributed by atoms with E-state index in [0.717, 1.165) is 19.3 Å². The molecule has 1 aliphatic rings. The van der Waals surface area contributed by atoms with Gasteiger partial charge in [-0.1, -0.05) is 0 Å². The molecule has 1 heterocycles. The Morgan fingerprint density at radius 2 is 2.23 bits per heavy atom. The minimum atomic E-state index is -2.26. The fourth-order valence-electron chi connectivity index (χ4n) is 1.50. The van der Waals surface area contributed by atoms with Crippen LogP contribution >= 0.6 is 0 Å². The molecule has 0 saturated carbocycles. The van der Waals surface area contributed by atoms with Crippen LogP contribution in [-0.4, -0.2) is 33.7 Å². The Kier molecular flexibility index (Phi) is 4.69. The summed E-state index contributed by atoms with van der Waals surface area (Å²) in [4.78, 5) is 0. The predicted molar refractivity (Wildman–Crippen MR) is 49.3 cm³/mol. The fourth-order valence-corrected chi connectivity index (χ4v) is 2.00. The number of hydrogen-bond donors (Lipinski definition) is 1.